The molecule has 2 atom stereocenters. The van der Waals surface area contributed by atoms with Gasteiger partial charge in [0, 0.05) is 24.7 Å². The van der Waals surface area contributed by atoms with Crippen LogP contribution in [0.5, 0.6) is 0 Å². The molecule has 112 valence electrons. The lowest BCUT2D eigenvalue weighted by Gasteiger charge is -2.32. The van der Waals surface area contributed by atoms with E-state index in [1.165, 1.54) is 12.1 Å². The molecule has 0 saturated carbocycles. The third-order valence-electron chi connectivity index (χ3n) is 4.08. The van der Waals surface area contributed by atoms with Gasteiger partial charge in [-0.25, -0.2) is 8.78 Å². The normalized spacial score (nSPS) is 23.6. The minimum Gasteiger partial charge on any atom is -0.326 e. The van der Waals surface area contributed by atoms with Crippen LogP contribution in [0.1, 0.15) is 12.0 Å². The SMILES string of the molecule is CN1CCCN(C)C(C(N)Cc2ccc(F)cc2F)C1. The Hall–Kier alpha value is -1.04. The van der Waals surface area contributed by atoms with Crippen molar-refractivity contribution in [2.75, 3.05) is 33.7 Å². The Balaban J connectivity index is 2.07. The molecule has 0 radical (unpaired) electrons. The maximum Gasteiger partial charge on any atom is 0.129 e. The molecule has 0 bridgehead atoms. The van der Waals surface area contributed by atoms with E-state index in [0.29, 0.717) is 12.0 Å². The molecular formula is C15H23F2N3. The second-order valence-corrected chi connectivity index (χ2v) is 5.77. The van der Waals surface area contributed by atoms with Crippen molar-refractivity contribution in [2.24, 2.45) is 5.73 Å². The summed E-state index contributed by atoms with van der Waals surface area (Å²) in [5.74, 6) is -1.06. The zero-order valence-electron chi connectivity index (χ0n) is 12.1. The molecule has 1 fully saturated rings. The summed E-state index contributed by atoms with van der Waals surface area (Å²) >= 11 is 0. The van der Waals surface area contributed by atoms with Crippen molar-refractivity contribution in [3.63, 3.8) is 0 Å². The third-order valence-corrected chi connectivity index (χ3v) is 4.08. The molecule has 1 aromatic carbocycles. The first kappa shape index (κ1) is 15.4. The topological polar surface area (TPSA) is 32.5 Å². The van der Waals surface area contributed by atoms with Gasteiger partial charge in [-0.1, -0.05) is 6.07 Å². The molecule has 1 heterocycles. The summed E-state index contributed by atoms with van der Waals surface area (Å²) in [4.78, 5) is 4.50. The van der Waals surface area contributed by atoms with Gasteiger partial charge >= 0.3 is 0 Å². The fraction of sp³-hybridized carbons (Fsp3) is 0.600. The Morgan fingerprint density at radius 2 is 2.05 bits per heavy atom. The monoisotopic (exact) mass is 283 g/mol. The quantitative estimate of drug-likeness (QED) is 0.912. The van der Waals surface area contributed by atoms with E-state index in [-0.39, 0.29) is 12.1 Å². The average molecular weight is 283 g/mol. The molecule has 1 saturated heterocycles. The van der Waals surface area contributed by atoms with Crippen LogP contribution in [-0.4, -0.2) is 55.6 Å². The van der Waals surface area contributed by atoms with Gasteiger partial charge in [-0.2, -0.15) is 0 Å². The van der Waals surface area contributed by atoms with Gasteiger partial charge in [-0.05, 0) is 51.7 Å². The summed E-state index contributed by atoms with van der Waals surface area (Å²) < 4.78 is 26.6. The van der Waals surface area contributed by atoms with E-state index in [1.54, 1.807) is 0 Å². The molecule has 2 rings (SSSR count). The Morgan fingerprint density at radius 1 is 1.30 bits per heavy atom. The Bertz CT molecular complexity index is 453. The van der Waals surface area contributed by atoms with E-state index < -0.39 is 11.6 Å². The fourth-order valence-electron chi connectivity index (χ4n) is 2.85. The lowest BCUT2D eigenvalue weighted by molar-refractivity contribution is 0.194. The second kappa shape index (κ2) is 6.61. The molecule has 0 amide bonds. The number of benzene rings is 1. The molecule has 20 heavy (non-hydrogen) atoms. The number of hydrogen-bond donors (Lipinski definition) is 1. The summed E-state index contributed by atoms with van der Waals surface area (Å²) in [6.45, 7) is 2.92. The largest absolute Gasteiger partial charge is 0.326 e. The van der Waals surface area contributed by atoms with Crippen LogP contribution in [0.15, 0.2) is 18.2 Å². The summed E-state index contributed by atoms with van der Waals surface area (Å²) in [5.41, 5.74) is 6.77. The predicted octanol–water partition coefficient (Wildman–Crippen LogP) is 1.47. The van der Waals surface area contributed by atoms with Crippen LogP contribution in [-0.2, 0) is 6.42 Å². The molecule has 5 heteroatoms. The van der Waals surface area contributed by atoms with Gasteiger partial charge in [0.05, 0.1) is 0 Å². The van der Waals surface area contributed by atoms with Crippen molar-refractivity contribution in [2.45, 2.75) is 24.9 Å². The summed E-state index contributed by atoms with van der Waals surface area (Å²) in [6, 6.07) is 3.72. The highest BCUT2D eigenvalue weighted by atomic mass is 19.1. The Labute approximate surface area is 119 Å². The highest BCUT2D eigenvalue weighted by Crippen LogP contribution is 2.16. The maximum absolute atomic E-state index is 13.7. The Morgan fingerprint density at radius 3 is 2.75 bits per heavy atom. The standard InChI is InChI=1S/C15H23F2N3/c1-19-6-3-7-20(2)15(10-19)14(18)8-11-4-5-12(16)9-13(11)17/h4-5,9,14-15H,3,6-8,10,18H2,1-2H3. The fourth-order valence-corrected chi connectivity index (χ4v) is 2.85. The Kier molecular flexibility index (Phi) is 5.07. The summed E-state index contributed by atoms with van der Waals surface area (Å²) in [6.07, 6.45) is 1.54. The zero-order chi connectivity index (χ0) is 14.7. The van der Waals surface area contributed by atoms with Crippen molar-refractivity contribution in [3.05, 3.63) is 35.4 Å². The number of nitrogens with two attached hydrogens (primary N) is 1. The summed E-state index contributed by atoms with van der Waals surface area (Å²) in [7, 11) is 4.14. The molecule has 1 aromatic rings. The highest BCUT2D eigenvalue weighted by molar-refractivity contribution is 5.20. The molecule has 1 aliphatic heterocycles. The van der Waals surface area contributed by atoms with Crippen LogP contribution in [0, 0.1) is 11.6 Å². The van der Waals surface area contributed by atoms with E-state index in [1.807, 2.05) is 0 Å². The van der Waals surface area contributed by atoms with E-state index in [9.17, 15) is 8.78 Å². The lowest BCUT2D eigenvalue weighted by Crippen LogP contribution is -2.51. The van der Waals surface area contributed by atoms with Crippen molar-refractivity contribution >= 4 is 0 Å². The molecule has 1 aliphatic rings. The van der Waals surface area contributed by atoms with E-state index in [0.717, 1.165) is 32.1 Å². The number of hydrogen-bond acceptors (Lipinski definition) is 3. The van der Waals surface area contributed by atoms with Crippen LogP contribution in [0.2, 0.25) is 0 Å². The van der Waals surface area contributed by atoms with Gasteiger partial charge in [-0.3, -0.25) is 0 Å². The summed E-state index contributed by atoms with van der Waals surface area (Å²) in [5, 5.41) is 0. The van der Waals surface area contributed by atoms with Gasteiger partial charge in [0.1, 0.15) is 11.6 Å². The smallest absolute Gasteiger partial charge is 0.129 e. The molecule has 3 nitrogen and oxygen atoms in total. The minimum atomic E-state index is -0.550. The molecule has 2 N–H and O–H groups in total. The number of rotatable bonds is 3. The average Bonchev–Trinajstić information content (AvgIpc) is 2.54. The molecule has 2 unspecified atom stereocenters. The lowest BCUT2D eigenvalue weighted by atomic mass is 9.98. The molecule has 0 aromatic heterocycles. The van der Waals surface area contributed by atoms with Crippen LogP contribution in [0.25, 0.3) is 0 Å². The molecule has 0 aliphatic carbocycles. The zero-order valence-corrected chi connectivity index (χ0v) is 12.1. The van der Waals surface area contributed by atoms with Gasteiger partial charge in [0.15, 0.2) is 0 Å². The third kappa shape index (κ3) is 3.75. The predicted molar refractivity (Wildman–Crippen MR) is 76.6 cm³/mol. The van der Waals surface area contributed by atoms with Gasteiger partial charge in [0.25, 0.3) is 0 Å². The van der Waals surface area contributed by atoms with Crippen molar-refractivity contribution < 1.29 is 8.78 Å². The highest BCUT2D eigenvalue weighted by Gasteiger charge is 2.26. The van der Waals surface area contributed by atoms with E-state index in [2.05, 4.69) is 23.9 Å². The molecular weight excluding hydrogens is 260 g/mol. The van der Waals surface area contributed by atoms with E-state index >= 15 is 0 Å². The number of nitrogens with zero attached hydrogens (tertiary/aromatic N) is 2. The van der Waals surface area contributed by atoms with Crippen LogP contribution < -0.4 is 5.73 Å². The van der Waals surface area contributed by atoms with Gasteiger partial charge in [-0.15, -0.1) is 0 Å². The van der Waals surface area contributed by atoms with Crippen LogP contribution in [0.3, 0.4) is 0 Å². The maximum atomic E-state index is 13.7. The minimum absolute atomic E-state index is 0.166. The first-order valence-corrected chi connectivity index (χ1v) is 7.05. The first-order valence-electron chi connectivity index (χ1n) is 7.05. The van der Waals surface area contributed by atoms with Crippen molar-refractivity contribution in [3.8, 4) is 0 Å². The molecule has 0 spiro atoms. The van der Waals surface area contributed by atoms with Crippen molar-refractivity contribution in [1.29, 1.82) is 0 Å². The number of halogens is 2. The van der Waals surface area contributed by atoms with Gasteiger partial charge in [0.2, 0.25) is 0 Å². The number of likely N-dealkylation sites (N-methyl/N-ethyl adjacent to an activating group) is 2. The van der Waals surface area contributed by atoms with Crippen LogP contribution >= 0.6 is 0 Å². The second-order valence-electron chi connectivity index (χ2n) is 5.77. The van der Waals surface area contributed by atoms with Gasteiger partial charge < -0.3 is 15.5 Å². The van der Waals surface area contributed by atoms with Crippen molar-refractivity contribution in [1.82, 2.24) is 9.80 Å². The van der Waals surface area contributed by atoms with E-state index in [4.69, 9.17) is 5.73 Å². The van der Waals surface area contributed by atoms with Crippen LogP contribution in [0.4, 0.5) is 8.78 Å². The first-order chi connectivity index (χ1) is 9.47.